The molecule has 0 saturated heterocycles. The topological polar surface area (TPSA) is 38.9 Å². The van der Waals surface area contributed by atoms with Gasteiger partial charge < -0.3 is 5.73 Å². The van der Waals surface area contributed by atoms with Crippen LogP contribution in [0.1, 0.15) is 24.1 Å². The Labute approximate surface area is 75.8 Å². The van der Waals surface area contributed by atoms with E-state index < -0.39 is 6.43 Å². The normalized spacial score (nSPS) is 10.8. The molecule has 0 aliphatic carbocycles. The van der Waals surface area contributed by atoms with Crippen LogP contribution in [0.5, 0.6) is 0 Å². The van der Waals surface area contributed by atoms with Crippen molar-refractivity contribution in [1.29, 1.82) is 0 Å². The Hall–Kier alpha value is -1.03. The predicted molar refractivity (Wildman–Crippen MR) is 46.6 cm³/mol. The summed E-state index contributed by atoms with van der Waals surface area (Å²) in [6, 6.07) is 3.17. The molecule has 1 aromatic heterocycles. The number of hydrogen-bond acceptors (Lipinski definition) is 2. The molecule has 0 unspecified atom stereocenters. The van der Waals surface area contributed by atoms with Gasteiger partial charge in [-0.3, -0.25) is 4.98 Å². The van der Waals surface area contributed by atoms with Gasteiger partial charge in [0.05, 0.1) is 0 Å². The highest BCUT2D eigenvalue weighted by Crippen LogP contribution is 2.17. The zero-order chi connectivity index (χ0) is 9.68. The lowest BCUT2D eigenvalue weighted by molar-refractivity contribution is 0.146. The molecule has 4 heteroatoms. The van der Waals surface area contributed by atoms with E-state index in [1.807, 2.05) is 0 Å². The number of alkyl halides is 2. The first-order chi connectivity index (χ1) is 6.24. The van der Waals surface area contributed by atoms with Crippen LogP contribution < -0.4 is 5.73 Å². The molecule has 0 radical (unpaired) electrons. The Balaban J connectivity index is 2.68. The molecular formula is C9H12F2N2. The van der Waals surface area contributed by atoms with E-state index in [1.54, 1.807) is 6.07 Å². The number of aryl methyl sites for hydroxylation is 1. The number of hydrogen-bond donors (Lipinski definition) is 1. The third-order valence-electron chi connectivity index (χ3n) is 1.74. The Bertz CT molecular complexity index is 264. The minimum Gasteiger partial charge on any atom is -0.330 e. The second-order valence-corrected chi connectivity index (χ2v) is 2.78. The summed E-state index contributed by atoms with van der Waals surface area (Å²) in [4.78, 5) is 3.57. The lowest BCUT2D eigenvalue weighted by Gasteiger charge is -2.02. The molecule has 1 aromatic rings. The van der Waals surface area contributed by atoms with Crippen molar-refractivity contribution < 1.29 is 8.78 Å². The van der Waals surface area contributed by atoms with E-state index >= 15 is 0 Å². The fourth-order valence-electron chi connectivity index (χ4n) is 1.08. The first-order valence-corrected chi connectivity index (χ1v) is 4.17. The summed E-state index contributed by atoms with van der Waals surface area (Å²) in [6.45, 7) is 0.576. The fourth-order valence-corrected chi connectivity index (χ4v) is 1.08. The third-order valence-corrected chi connectivity index (χ3v) is 1.74. The smallest absolute Gasteiger partial charge is 0.280 e. The van der Waals surface area contributed by atoms with Gasteiger partial charge in [-0.15, -0.1) is 0 Å². The maximum atomic E-state index is 12.2. The first kappa shape index (κ1) is 10.1. The van der Waals surface area contributed by atoms with Crippen LogP contribution >= 0.6 is 0 Å². The Kier molecular flexibility index (Phi) is 3.76. The van der Waals surface area contributed by atoms with Crippen LogP contribution in [-0.2, 0) is 6.42 Å². The van der Waals surface area contributed by atoms with Crippen molar-refractivity contribution in [2.45, 2.75) is 19.3 Å². The maximum absolute atomic E-state index is 12.2. The van der Waals surface area contributed by atoms with Crippen molar-refractivity contribution in [2.75, 3.05) is 6.54 Å². The molecule has 0 aromatic carbocycles. The number of nitrogens with two attached hydrogens (primary N) is 1. The minimum absolute atomic E-state index is 0.158. The maximum Gasteiger partial charge on any atom is 0.280 e. The molecule has 0 fully saturated rings. The quantitative estimate of drug-likeness (QED) is 0.780. The molecule has 0 aliphatic heterocycles. The van der Waals surface area contributed by atoms with E-state index in [4.69, 9.17) is 5.73 Å². The second-order valence-electron chi connectivity index (χ2n) is 2.78. The Morgan fingerprint density at radius 2 is 2.23 bits per heavy atom. The minimum atomic E-state index is -2.49. The van der Waals surface area contributed by atoms with Gasteiger partial charge in [-0.25, -0.2) is 8.78 Å². The molecular weight excluding hydrogens is 174 g/mol. The predicted octanol–water partition coefficient (Wildman–Crippen LogP) is 1.91. The third kappa shape index (κ3) is 3.06. The summed E-state index contributed by atoms with van der Waals surface area (Å²) in [5.41, 5.74) is 6.02. The zero-order valence-corrected chi connectivity index (χ0v) is 7.21. The molecule has 0 amide bonds. The molecule has 0 saturated carbocycles. The molecule has 1 rings (SSSR count). The highest BCUT2D eigenvalue weighted by Gasteiger charge is 2.08. The number of halogens is 2. The van der Waals surface area contributed by atoms with Crippen LogP contribution in [0.25, 0.3) is 0 Å². The molecule has 1 heterocycles. The van der Waals surface area contributed by atoms with Gasteiger partial charge >= 0.3 is 0 Å². The van der Waals surface area contributed by atoms with Crippen molar-refractivity contribution in [3.8, 4) is 0 Å². The lowest BCUT2D eigenvalue weighted by Crippen LogP contribution is -2.01. The fraction of sp³-hybridized carbons (Fsp3) is 0.444. The van der Waals surface area contributed by atoms with Crippen LogP contribution in [-0.4, -0.2) is 11.5 Å². The van der Waals surface area contributed by atoms with Gasteiger partial charge in [-0.05, 0) is 37.1 Å². The number of aromatic nitrogens is 1. The SMILES string of the molecule is NCCCc1ccnc(C(F)F)c1. The van der Waals surface area contributed by atoms with Gasteiger partial charge in [0.25, 0.3) is 6.43 Å². The van der Waals surface area contributed by atoms with Crippen LogP contribution in [0, 0.1) is 0 Å². The summed E-state index contributed by atoms with van der Waals surface area (Å²) in [7, 11) is 0. The van der Waals surface area contributed by atoms with Gasteiger partial charge in [0.15, 0.2) is 0 Å². The van der Waals surface area contributed by atoms with Crippen LogP contribution in [0.4, 0.5) is 8.78 Å². The zero-order valence-electron chi connectivity index (χ0n) is 7.21. The average Bonchev–Trinajstić information content (AvgIpc) is 2.15. The molecule has 72 valence electrons. The van der Waals surface area contributed by atoms with E-state index in [9.17, 15) is 8.78 Å². The molecule has 2 nitrogen and oxygen atoms in total. The second kappa shape index (κ2) is 4.87. The van der Waals surface area contributed by atoms with Crippen molar-refractivity contribution >= 4 is 0 Å². The molecule has 0 bridgehead atoms. The number of nitrogens with zero attached hydrogens (tertiary/aromatic N) is 1. The summed E-state index contributed by atoms with van der Waals surface area (Å²) in [5, 5.41) is 0. The van der Waals surface area contributed by atoms with Crippen LogP contribution in [0.3, 0.4) is 0 Å². The standard InChI is InChI=1S/C9H12F2N2/c10-9(11)8-6-7(2-1-4-12)3-5-13-8/h3,5-6,9H,1-2,4,12H2. The van der Waals surface area contributed by atoms with E-state index in [0.29, 0.717) is 6.54 Å². The van der Waals surface area contributed by atoms with Gasteiger partial charge in [0.2, 0.25) is 0 Å². The van der Waals surface area contributed by atoms with Crippen molar-refractivity contribution in [1.82, 2.24) is 4.98 Å². The van der Waals surface area contributed by atoms with Gasteiger partial charge in [-0.1, -0.05) is 0 Å². The van der Waals surface area contributed by atoms with Crippen molar-refractivity contribution in [3.63, 3.8) is 0 Å². The molecule has 0 aliphatic rings. The van der Waals surface area contributed by atoms with E-state index in [2.05, 4.69) is 4.98 Å². The largest absolute Gasteiger partial charge is 0.330 e. The van der Waals surface area contributed by atoms with Gasteiger partial charge in [0.1, 0.15) is 5.69 Å². The number of pyridine rings is 1. The highest BCUT2D eigenvalue weighted by atomic mass is 19.3. The summed E-state index contributed by atoms with van der Waals surface area (Å²) in [5.74, 6) is 0. The summed E-state index contributed by atoms with van der Waals surface area (Å²) < 4.78 is 24.4. The Morgan fingerprint density at radius 3 is 2.85 bits per heavy atom. The van der Waals surface area contributed by atoms with Crippen molar-refractivity contribution in [3.05, 3.63) is 29.6 Å². The molecule has 2 N–H and O–H groups in total. The van der Waals surface area contributed by atoms with E-state index in [-0.39, 0.29) is 5.69 Å². The highest BCUT2D eigenvalue weighted by molar-refractivity contribution is 5.17. The summed E-state index contributed by atoms with van der Waals surface area (Å²) >= 11 is 0. The van der Waals surface area contributed by atoms with E-state index in [0.717, 1.165) is 18.4 Å². The van der Waals surface area contributed by atoms with Crippen LogP contribution in [0.15, 0.2) is 18.3 Å². The van der Waals surface area contributed by atoms with Crippen LogP contribution in [0.2, 0.25) is 0 Å². The van der Waals surface area contributed by atoms with Crippen molar-refractivity contribution in [2.24, 2.45) is 5.73 Å². The monoisotopic (exact) mass is 186 g/mol. The lowest BCUT2D eigenvalue weighted by atomic mass is 10.1. The van der Waals surface area contributed by atoms with Gasteiger partial charge in [-0.2, -0.15) is 0 Å². The van der Waals surface area contributed by atoms with Gasteiger partial charge in [0, 0.05) is 6.20 Å². The molecule has 0 spiro atoms. The average molecular weight is 186 g/mol. The summed E-state index contributed by atoms with van der Waals surface area (Å²) in [6.07, 6.45) is 0.469. The molecule has 13 heavy (non-hydrogen) atoms. The first-order valence-electron chi connectivity index (χ1n) is 4.17. The number of rotatable bonds is 4. The van der Waals surface area contributed by atoms with E-state index in [1.165, 1.54) is 12.3 Å². The molecule has 0 atom stereocenters. The Morgan fingerprint density at radius 1 is 1.46 bits per heavy atom.